The van der Waals surface area contributed by atoms with Crippen molar-refractivity contribution in [2.45, 2.75) is 6.54 Å². The van der Waals surface area contributed by atoms with Crippen LogP contribution in [0.1, 0.15) is 5.82 Å². The molecular formula is C12H15N5O4. The Balaban J connectivity index is 2.29. The summed E-state index contributed by atoms with van der Waals surface area (Å²) in [5.74, 6) is 1.23. The van der Waals surface area contributed by atoms with E-state index in [9.17, 15) is 10.1 Å². The van der Waals surface area contributed by atoms with Gasteiger partial charge in [0.25, 0.3) is 5.69 Å². The van der Waals surface area contributed by atoms with Crippen LogP contribution in [0.25, 0.3) is 0 Å². The lowest BCUT2D eigenvalue weighted by molar-refractivity contribution is -0.384. The molecule has 1 aromatic heterocycles. The van der Waals surface area contributed by atoms with E-state index < -0.39 is 4.92 Å². The van der Waals surface area contributed by atoms with Crippen LogP contribution >= 0.6 is 0 Å². The highest BCUT2D eigenvalue weighted by Crippen LogP contribution is 2.37. The number of nitrogens with one attached hydrogen (secondary N) is 1. The minimum Gasteiger partial charge on any atom is -0.493 e. The van der Waals surface area contributed by atoms with E-state index in [1.165, 1.54) is 26.4 Å². The average Bonchev–Trinajstić information content (AvgIpc) is 2.89. The fraction of sp³-hybridized carbons (Fsp3) is 0.333. The maximum atomic E-state index is 11.1. The molecule has 0 bridgehead atoms. The summed E-state index contributed by atoms with van der Waals surface area (Å²) in [5, 5.41) is 18.2. The van der Waals surface area contributed by atoms with Crippen LogP contribution in [-0.4, -0.2) is 33.9 Å². The highest BCUT2D eigenvalue weighted by Gasteiger charge is 2.19. The summed E-state index contributed by atoms with van der Waals surface area (Å²) in [6.45, 7) is 0.261. The van der Waals surface area contributed by atoms with E-state index in [4.69, 9.17) is 9.47 Å². The molecule has 0 unspecified atom stereocenters. The minimum atomic E-state index is -0.490. The lowest BCUT2D eigenvalue weighted by atomic mass is 10.2. The van der Waals surface area contributed by atoms with Crippen molar-refractivity contribution in [1.29, 1.82) is 0 Å². The van der Waals surface area contributed by atoms with Crippen LogP contribution in [0.5, 0.6) is 11.5 Å². The van der Waals surface area contributed by atoms with Gasteiger partial charge in [-0.05, 0) is 0 Å². The number of nitro benzene ring substituents is 1. The molecule has 0 amide bonds. The number of anilines is 1. The Kier molecular flexibility index (Phi) is 4.21. The second-order valence-corrected chi connectivity index (χ2v) is 4.17. The first kappa shape index (κ1) is 14.6. The normalized spacial score (nSPS) is 10.2. The Morgan fingerprint density at radius 3 is 2.52 bits per heavy atom. The molecule has 21 heavy (non-hydrogen) atoms. The Bertz CT molecular complexity index is 655. The van der Waals surface area contributed by atoms with Crippen molar-refractivity contribution in [2.75, 3.05) is 19.5 Å². The van der Waals surface area contributed by atoms with E-state index in [1.54, 1.807) is 18.1 Å². The fourth-order valence-electron chi connectivity index (χ4n) is 1.80. The number of methoxy groups -OCH3 is 2. The molecule has 1 heterocycles. The van der Waals surface area contributed by atoms with E-state index in [-0.39, 0.29) is 12.2 Å². The number of ether oxygens (including phenoxy) is 2. The molecule has 112 valence electrons. The molecule has 0 aliphatic heterocycles. The Morgan fingerprint density at radius 1 is 1.33 bits per heavy atom. The molecular weight excluding hydrogens is 278 g/mol. The number of aromatic nitrogens is 3. The van der Waals surface area contributed by atoms with Crippen molar-refractivity contribution in [2.24, 2.45) is 7.05 Å². The van der Waals surface area contributed by atoms with Crippen LogP contribution in [0, 0.1) is 10.1 Å². The van der Waals surface area contributed by atoms with E-state index in [1.807, 2.05) is 0 Å². The number of hydrogen-bond acceptors (Lipinski definition) is 7. The van der Waals surface area contributed by atoms with Crippen LogP contribution in [0.3, 0.4) is 0 Å². The smallest absolute Gasteiger partial charge is 0.296 e. The average molecular weight is 293 g/mol. The first-order valence-electron chi connectivity index (χ1n) is 6.04. The number of rotatable bonds is 6. The summed E-state index contributed by atoms with van der Waals surface area (Å²) in [7, 11) is 4.63. The summed E-state index contributed by atoms with van der Waals surface area (Å²) in [5.41, 5.74) is 0.202. The molecule has 1 aromatic carbocycles. The van der Waals surface area contributed by atoms with Gasteiger partial charge in [-0.2, -0.15) is 5.10 Å². The molecule has 0 aliphatic rings. The molecule has 2 rings (SSSR count). The zero-order valence-electron chi connectivity index (χ0n) is 11.9. The van der Waals surface area contributed by atoms with Gasteiger partial charge in [0, 0.05) is 13.1 Å². The summed E-state index contributed by atoms with van der Waals surface area (Å²) < 4.78 is 11.8. The van der Waals surface area contributed by atoms with Crippen LogP contribution in [0.15, 0.2) is 18.5 Å². The Labute approximate surface area is 120 Å². The lowest BCUT2D eigenvalue weighted by Crippen LogP contribution is -2.05. The Morgan fingerprint density at radius 2 is 2.00 bits per heavy atom. The molecule has 0 spiro atoms. The van der Waals surface area contributed by atoms with Gasteiger partial charge in [-0.15, -0.1) is 0 Å². The molecule has 1 N–H and O–H groups in total. The molecule has 0 saturated heterocycles. The van der Waals surface area contributed by atoms with E-state index in [2.05, 4.69) is 15.4 Å². The van der Waals surface area contributed by atoms with Crippen molar-refractivity contribution in [3.8, 4) is 11.5 Å². The summed E-state index contributed by atoms with van der Waals surface area (Å²) in [6.07, 6.45) is 1.56. The highest BCUT2D eigenvalue weighted by molar-refractivity contribution is 5.68. The van der Waals surface area contributed by atoms with Crippen molar-refractivity contribution >= 4 is 11.4 Å². The molecule has 0 atom stereocenters. The van der Waals surface area contributed by atoms with Gasteiger partial charge in [-0.3, -0.25) is 14.8 Å². The fourth-order valence-corrected chi connectivity index (χ4v) is 1.80. The first-order chi connectivity index (χ1) is 10.0. The van der Waals surface area contributed by atoms with E-state index in [0.29, 0.717) is 23.0 Å². The maximum Gasteiger partial charge on any atom is 0.296 e. The molecule has 9 heteroatoms. The van der Waals surface area contributed by atoms with Crippen molar-refractivity contribution in [3.05, 3.63) is 34.4 Å². The molecule has 0 fully saturated rings. The van der Waals surface area contributed by atoms with Gasteiger partial charge in [0.05, 0.1) is 31.8 Å². The predicted molar refractivity (Wildman–Crippen MR) is 74.5 cm³/mol. The van der Waals surface area contributed by atoms with Crippen LogP contribution in [0.4, 0.5) is 11.4 Å². The number of benzene rings is 1. The lowest BCUT2D eigenvalue weighted by Gasteiger charge is -2.11. The predicted octanol–water partition coefficient (Wildman–Crippen LogP) is 1.35. The van der Waals surface area contributed by atoms with Gasteiger partial charge in [-0.1, -0.05) is 0 Å². The van der Waals surface area contributed by atoms with Crippen molar-refractivity contribution in [1.82, 2.24) is 14.8 Å². The third-order valence-corrected chi connectivity index (χ3v) is 2.78. The Hall–Kier alpha value is -2.84. The quantitative estimate of drug-likeness (QED) is 0.633. The van der Waals surface area contributed by atoms with Gasteiger partial charge in [0.1, 0.15) is 12.0 Å². The van der Waals surface area contributed by atoms with Crippen molar-refractivity contribution < 1.29 is 14.4 Å². The topological polar surface area (TPSA) is 104 Å². The SMILES string of the molecule is COc1cc(NCc2ncn(C)n2)c([N+](=O)[O-])cc1OC. The number of nitro groups is 1. The van der Waals surface area contributed by atoms with Crippen LogP contribution in [-0.2, 0) is 13.6 Å². The van der Waals surface area contributed by atoms with Gasteiger partial charge < -0.3 is 14.8 Å². The molecule has 0 radical (unpaired) electrons. The van der Waals surface area contributed by atoms with E-state index >= 15 is 0 Å². The standard InChI is InChI=1S/C12H15N5O4/c1-16-7-14-12(15-16)6-13-8-4-10(20-2)11(21-3)5-9(8)17(18)19/h4-5,7,13H,6H2,1-3H3. The van der Waals surface area contributed by atoms with Crippen LogP contribution in [0.2, 0.25) is 0 Å². The number of hydrogen-bond donors (Lipinski definition) is 1. The van der Waals surface area contributed by atoms with Gasteiger partial charge in [-0.25, -0.2) is 4.98 Å². The molecule has 0 aliphatic carbocycles. The summed E-state index contributed by atoms with van der Waals surface area (Å²) in [4.78, 5) is 14.7. The zero-order chi connectivity index (χ0) is 15.4. The van der Waals surface area contributed by atoms with Gasteiger partial charge >= 0.3 is 0 Å². The largest absolute Gasteiger partial charge is 0.493 e. The third-order valence-electron chi connectivity index (χ3n) is 2.78. The maximum absolute atomic E-state index is 11.1. The second kappa shape index (κ2) is 6.07. The second-order valence-electron chi connectivity index (χ2n) is 4.17. The highest BCUT2D eigenvalue weighted by atomic mass is 16.6. The number of nitrogens with zero attached hydrogens (tertiary/aromatic N) is 4. The van der Waals surface area contributed by atoms with Crippen molar-refractivity contribution in [3.63, 3.8) is 0 Å². The molecule has 2 aromatic rings. The third kappa shape index (κ3) is 3.19. The van der Waals surface area contributed by atoms with Gasteiger partial charge in [0.15, 0.2) is 17.3 Å². The molecule has 0 saturated carbocycles. The minimum absolute atomic E-state index is 0.108. The molecule has 9 nitrogen and oxygen atoms in total. The summed E-state index contributed by atoms with van der Waals surface area (Å²) >= 11 is 0. The van der Waals surface area contributed by atoms with Crippen LogP contribution < -0.4 is 14.8 Å². The summed E-state index contributed by atoms with van der Waals surface area (Å²) in [6, 6.07) is 2.83. The zero-order valence-corrected chi connectivity index (χ0v) is 11.9. The van der Waals surface area contributed by atoms with Gasteiger partial charge in [0.2, 0.25) is 0 Å². The number of aryl methyl sites for hydroxylation is 1. The van der Waals surface area contributed by atoms with E-state index in [0.717, 1.165) is 0 Å². The monoisotopic (exact) mass is 293 g/mol. The first-order valence-corrected chi connectivity index (χ1v) is 6.04.